The van der Waals surface area contributed by atoms with Crippen molar-refractivity contribution in [1.82, 2.24) is 0 Å². The van der Waals surface area contributed by atoms with E-state index in [2.05, 4.69) is 74.5 Å². The quantitative estimate of drug-likeness (QED) is 0.236. The van der Waals surface area contributed by atoms with Crippen molar-refractivity contribution in [2.24, 2.45) is 0 Å². The maximum Gasteiger partial charge on any atom is 1.00 e. The zero-order valence-corrected chi connectivity index (χ0v) is 20.5. The van der Waals surface area contributed by atoms with Gasteiger partial charge in [0, 0.05) is 0 Å². The minimum Gasteiger partial charge on any atom is 1.00 e. The van der Waals surface area contributed by atoms with E-state index in [-0.39, 0.29) is 37.7 Å². The normalized spacial score (nSPS) is 13.7. The van der Waals surface area contributed by atoms with Gasteiger partial charge in [0.1, 0.15) is 0 Å². The van der Waals surface area contributed by atoms with Crippen molar-refractivity contribution < 1.29 is 37.7 Å². The summed E-state index contributed by atoms with van der Waals surface area (Å²) in [5, 5.41) is 11.3. The Labute approximate surface area is 201 Å². The molecule has 4 aromatic carbocycles. The first-order chi connectivity index (χ1) is 13.3. The Morgan fingerprint density at radius 3 is 2.07 bits per heavy atom. The van der Waals surface area contributed by atoms with E-state index < -0.39 is 13.3 Å². The van der Waals surface area contributed by atoms with Gasteiger partial charge < -0.3 is 0 Å². The maximum atomic E-state index is 3.61. The van der Waals surface area contributed by atoms with Crippen LogP contribution in [0.4, 0.5) is 0 Å². The van der Waals surface area contributed by atoms with Gasteiger partial charge >= 0.3 is 203 Å². The molecule has 1 aliphatic heterocycles. The molecule has 0 unspecified atom stereocenters. The molecular weight excluding hydrogens is 399 g/mol. The number of hydrogen-bond acceptors (Lipinski definition) is 0. The summed E-state index contributed by atoms with van der Waals surface area (Å²) in [5.74, 6) is 0. The van der Waals surface area contributed by atoms with Crippen molar-refractivity contribution in [2.75, 3.05) is 0 Å². The van der Waals surface area contributed by atoms with Gasteiger partial charge in [-0.1, -0.05) is 0 Å². The van der Waals surface area contributed by atoms with Crippen LogP contribution < -0.4 is 46.5 Å². The van der Waals surface area contributed by atoms with Gasteiger partial charge in [-0.2, -0.15) is 0 Å². The minimum atomic E-state index is -2.37. The van der Waals surface area contributed by atoms with Gasteiger partial charge in [0.2, 0.25) is 0 Å². The summed E-state index contributed by atoms with van der Waals surface area (Å²) in [5.41, 5.74) is 0. The first kappa shape index (κ1) is 23.1. The fourth-order valence-corrected chi connectivity index (χ4v) is 17.6. The minimum absolute atomic E-state index is 0. The summed E-state index contributed by atoms with van der Waals surface area (Å²) in [6, 6.07) is 25.4. The van der Waals surface area contributed by atoms with E-state index in [0.717, 1.165) is 0 Å². The van der Waals surface area contributed by atoms with Crippen molar-refractivity contribution in [3.8, 4) is 0 Å². The van der Waals surface area contributed by atoms with Gasteiger partial charge in [-0.05, 0) is 0 Å². The Hall–Kier alpha value is -0.602. The third-order valence-corrected chi connectivity index (χ3v) is 17.8. The van der Waals surface area contributed by atoms with Crippen LogP contribution in [0.5, 0.6) is 0 Å². The molecule has 1 aliphatic rings. The van der Waals surface area contributed by atoms with Crippen LogP contribution in [0.3, 0.4) is 0 Å². The van der Waals surface area contributed by atoms with Crippen LogP contribution in [0.1, 0.15) is 39.5 Å². The van der Waals surface area contributed by atoms with E-state index in [9.17, 15) is 0 Å². The molecule has 4 aromatic rings. The van der Waals surface area contributed by atoms with Crippen LogP contribution in [0, 0.1) is 12.1 Å². The topological polar surface area (TPSA) is 0 Å². The smallest absolute Gasteiger partial charge is 1.00 e. The number of rotatable bonds is 6. The molecule has 3 heteroatoms. The predicted molar refractivity (Wildman–Crippen MR) is 121 cm³/mol. The molecule has 0 spiro atoms. The molecule has 29 heavy (non-hydrogen) atoms. The summed E-state index contributed by atoms with van der Waals surface area (Å²) >= 11 is -2.37. The molecule has 0 saturated carbocycles. The van der Waals surface area contributed by atoms with Crippen LogP contribution in [0.2, 0.25) is 10.5 Å². The predicted octanol–water partition coefficient (Wildman–Crippen LogP) is 0.231. The van der Waals surface area contributed by atoms with E-state index in [0.29, 0.717) is 0 Å². The average Bonchev–Trinajstić information content (AvgIpc) is 3.01. The number of unbranched alkanes of at least 4 members (excludes halogenated alkanes) is 2. The molecule has 0 fully saturated rings. The van der Waals surface area contributed by atoms with E-state index in [1.54, 1.807) is 14.2 Å². The number of hydrogen-bond donors (Lipinski definition) is 0. The van der Waals surface area contributed by atoms with Gasteiger partial charge in [0.05, 0.1) is 0 Å². The van der Waals surface area contributed by atoms with E-state index in [1.807, 2.05) is 0 Å². The molecule has 0 aromatic heterocycles. The molecule has 0 amide bonds. The Kier molecular flexibility index (Phi) is 7.37. The fourth-order valence-electron chi connectivity index (χ4n) is 5.43. The molecule has 0 saturated heterocycles. The van der Waals surface area contributed by atoms with E-state index in [4.69, 9.17) is 0 Å². The molecule has 136 valence electrons. The molecular formula is C26H26GeLi2. The first-order valence-corrected chi connectivity index (χ1v) is 15.6. The standard InChI is InChI=1S/C26H26Ge.2Li/c1-3-5-17-27(18-6-4-2)23-15-9-13-21-19-11-7-8-12-20(19)22-14-10-16-24(27)26(22)25(21)23;;/h7-11,13,15-16H,3-6,17-18H2,1-2H3;;/q-2;2*+1. The molecule has 0 aliphatic carbocycles. The Bertz CT molecular complexity index is 1070. The molecule has 0 N–H and O–H groups in total. The Morgan fingerprint density at radius 1 is 0.690 bits per heavy atom. The summed E-state index contributed by atoms with van der Waals surface area (Å²) in [6.07, 6.45) is 5.31. The second-order valence-electron chi connectivity index (χ2n) is 8.12. The van der Waals surface area contributed by atoms with Crippen molar-refractivity contribution >= 4 is 54.4 Å². The van der Waals surface area contributed by atoms with Gasteiger partial charge in [-0.25, -0.2) is 0 Å². The summed E-state index contributed by atoms with van der Waals surface area (Å²) in [6.45, 7) is 4.69. The Morgan fingerprint density at radius 2 is 1.34 bits per heavy atom. The van der Waals surface area contributed by atoms with Gasteiger partial charge in [-0.3, -0.25) is 0 Å². The third-order valence-electron chi connectivity index (χ3n) is 6.65. The zero-order chi connectivity index (χ0) is 18.4. The fraction of sp³-hybridized carbons (Fsp3) is 0.308. The summed E-state index contributed by atoms with van der Waals surface area (Å²) < 4.78 is 3.48. The van der Waals surface area contributed by atoms with Crippen LogP contribution in [-0.4, -0.2) is 13.3 Å². The zero-order valence-electron chi connectivity index (χ0n) is 18.4. The van der Waals surface area contributed by atoms with Crippen molar-refractivity contribution in [1.29, 1.82) is 0 Å². The molecule has 0 atom stereocenters. The van der Waals surface area contributed by atoms with Crippen LogP contribution >= 0.6 is 0 Å². The second kappa shape index (κ2) is 9.26. The van der Waals surface area contributed by atoms with Crippen molar-refractivity contribution in [3.05, 3.63) is 60.7 Å². The number of benzene rings is 4. The SMILES string of the molecule is CCC[CH2][Ge]1([CH2]CCC)[c]2cc[c-]c3c4[c-]cccc4c4ccc[c]1c4c23.[Li+].[Li+]. The number of fused-ring (bicyclic) bond motifs is 3. The van der Waals surface area contributed by atoms with Gasteiger partial charge in [-0.15, -0.1) is 0 Å². The van der Waals surface area contributed by atoms with Crippen LogP contribution in [0.25, 0.3) is 32.3 Å². The molecule has 0 bridgehead atoms. The van der Waals surface area contributed by atoms with Gasteiger partial charge in [0.15, 0.2) is 0 Å². The molecule has 0 radical (unpaired) electrons. The summed E-state index contributed by atoms with van der Waals surface area (Å²) in [7, 11) is 0. The summed E-state index contributed by atoms with van der Waals surface area (Å²) in [4.78, 5) is 0. The monoisotopic (exact) mass is 426 g/mol. The van der Waals surface area contributed by atoms with Crippen LogP contribution in [0.15, 0.2) is 48.5 Å². The van der Waals surface area contributed by atoms with Crippen molar-refractivity contribution in [3.63, 3.8) is 0 Å². The molecule has 5 rings (SSSR count). The average molecular weight is 425 g/mol. The van der Waals surface area contributed by atoms with E-state index in [1.165, 1.54) is 63.1 Å². The van der Waals surface area contributed by atoms with Crippen molar-refractivity contribution in [2.45, 2.75) is 50.0 Å². The Balaban J connectivity index is 0.00000120. The molecule has 0 nitrogen and oxygen atoms in total. The van der Waals surface area contributed by atoms with E-state index >= 15 is 0 Å². The van der Waals surface area contributed by atoms with Gasteiger partial charge in [0.25, 0.3) is 0 Å². The first-order valence-electron chi connectivity index (χ1n) is 10.5. The second-order valence-corrected chi connectivity index (χ2v) is 17.0. The third kappa shape index (κ3) is 3.37. The van der Waals surface area contributed by atoms with Crippen LogP contribution in [-0.2, 0) is 0 Å². The maximum absolute atomic E-state index is 3.61. The molecule has 1 heterocycles. The largest absolute Gasteiger partial charge is 1.00 e.